The predicted octanol–water partition coefficient (Wildman–Crippen LogP) is 0.977. The summed E-state index contributed by atoms with van der Waals surface area (Å²) in [5.41, 5.74) is 2.94. The van der Waals surface area contributed by atoms with Crippen molar-refractivity contribution in [2.45, 2.75) is 13.8 Å². The highest BCUT2D eigenvalue weighted by Crippen LogP contribution is 2.11. The smallest absolute Gasteiger partial charge is 0.377 e. The van der Waals surface area contributed by atoms with E-state index in [-0.39, 0.29) is 5.82 Å². The van der Waals surface area contributed by atoms with E-state index in [0.717, 1.165) is 11.1 Å². The van der Waals surface area contributed by atoms with Crippen LogP contribution in [-0.4, -0.2) is 31.3 Å². The zero-order valence-electron chi connectivity index (χ0n) is 8.88. The van der Waals surface area contributed by atoms with E-state index in [4.69, 9.17) is 5.11 Å². The molecule has 16 heavy (non-hydrogen) atoms. The fourth-order valence-electron chi connectivity index (χ4n) is 1.26. The van der Waals surface area contributed by atoms with Crippen molar-refractivity contribution in [1.29, 1.82) is 0 Å². The quantitative estimate of drug-likeness (QED) is 0.812. The lowest BCUT2D eigenvalue weighted by Gasteiger charge is -2.02. The van der Waals surface area contributed by atoms with Crippen LogP contribution in [0.15, 0.2) is 18.2 Å². The molecule has 0 saturated carbocycles. The normalized spacial score (nSPS) is 10.4. The van der Waals surface area contributed by atoms with Crippen molar-refractivity contribution in [1.82, 2.24) is 20.2 Å². The second kappa shape index (κ2) is 3.73. The first-order chi connectivity index (χ1) is 7.58. The van der Waals surface area contributed by atoms with Gasteiger partial charge in [-0.15, -0.1) is 15.0 Å². The lowest BCUT2D eigenvalue weighted by atomic mass is 10.1. The SMILES string of the molecule is Cc1ccc(-n2nnc(C(=O)O)n2)cc1C. The largest absolute Gasteiger partial charge is 0.475 e. The van der Waals surface area contributed by atoms with Gasteiger partial charge in [0.25, 0.3) is 5.82 Å². The summed E-state index contributed by atoms with van der Waals surface area (Å²) in [6.45, 7) is 3.96. The number of hydrogen-bond acceptors (Lipinski definition) is 4. The number of aromatic nitrogens is 4. The Morgan fingerprint density at radius 3 is 2.62 bits per heavy atom. The Morgan fingerprint density at radius 2 is 2.06 bits per heavy atom. The maximum Gasteiger partial charge on any atom is 0.377 e. The molecule has 2 rings (SSSR count). The molecule has 0 unspecified atom stereocenters. The zero-order chi connectivity index (χ0) is 11.7. The van der Waals surface area contributed by atoms with Gasteiger partial charge < -0.3 is 5.11 Å². The number of carbonyl (C=O) groups is 1. The minimum atomic E-state index is -1.19. The molecule has 0 atom stereocenters. The fourth-order valence-corrected chi connectivity index (χ4v) is 1.26. The molecule has 0 spiro atoms. The zero-order valence-corrected chi connectivity index (χ0v) is 8.88. The van der Waals surface area contributed by atoms with E-state index in [9.17, 15) is 4.79 Å². The monoisotopic (exact) mass is 218 g/mol. The van der Waals surface area contributed by atoms with Gasteiger partial charge in [-0.2, -0.15) is 0 Å². The van der Waals surface area contributed by atoms with Gasteiger partial charge in [-0.1, -0.05) is 6.07 Å². The van der Waals surface area contributed by atoms with Gasteiger partial charge in [0, 0.05) is 0 Å². The van der Waals surface area contributed by atoms with Gasteiger partial charge in [0.15, 0.2) is 0 Å². The van der Waals surface area contributed by atoms with Gasteiger partial charge in [0.05, 0.1) is 5.69 Å². The Kier molecular flexibility index (Phi) is 2.40. The number of benzene rings is 1. The number of nitrogens with zero attached hydrogens (tertiary/aromatic N) is 4. The first kappa shape index (κ1) is 10.3. The van der Waals surface area contributed by atoms with E-state index >= 15 is 0 Å². The molecule has 6 heteroatoms. The molecule has 1 heterocycles. The van der Waals surface area contributed by atoms with Crippen molar-refractivity contribution in [3.8, 4) is 5.69 Å². The number of hydrogen-bond donors (Lipinski definition) is 1. The second-order valence-corrected chi connectivity index (χ2v) is 3.48. The van der Waals surface area contributed by atoms with Gasteiger partial charge in [-0.05, 0) is 42.3 Å². The highest BCUT2D eigenvalue weighted by molar-refractivity contribution is 5.82. The molecule has 0 fully saturated rings. The van der Waals surface area contributed by atoms with E-state index in [1.165, 1.54) is 4.80 Å². The van der Waals surface area contributed by atoms with E-state index in [1.54, 1.807) is 0 Å². The minimum absolute atomic E-state index is 0.307. The van der Waals surface area contributed by atoms with Crippen LogP contribution >= 0.6 is 0 Å². The van der Waals surface area contributed by atoms with Crippen LogP contribution in [0.2, 0.25) is 0 Å². The maximum atomic E-state index is 10.6. The summed E-state index contributed by atoms with van der Waals surface area (Å²) in [7, 11) is 0. The Morgan fingerprint density at radius 1 is 1.31 bits per heavy atom. The molecule has 1 aromatic carbocycles. The summed E-state index contributed by atoms with van der Waals surface area (Å²) in [6.07, 6.45) is 0. The van der Waals surface area contributed by atoms with Crippen LogP contribution in [0.3, 0.4) is 0 Å². The summed E-state index contributed by atoms with van der Waals surface area (Å²) in [4.78, 5) is 11.8. The number of carboxylic acid groups (broad SMARTS) is 1. The first-order valence-electron chi connectivity index (χ1n) is 4.69. The van der Waals surface area contributed by atoms with Crippen LogP contribution in [0, 0.1) is 13.8 Å². The lowest BCUT2D eigenvalue weighted by molar-refractivity contribution is 0.0683. The summed E-state index contributed by atoms with van der Waals surface area (Å²) in [5, 5.41) is 19.5. The molecule has 0 bridgehead atoms. The van der Waals surface area contributed by atoms with Gasteiger partial charge >= 0.3 is 5.97 Å². The Bertz CT molecular complexity index is 548. The van der Waals surface area contributed by atoms with Gasteiger partial charge in [0.1, 0.15) is 0 Å². The third-order valence-corrected chi connectivity index (χ3v) is 2.33. The number of tetrazole rings is 1. The van der Waals surface area contributed by atoms with Crippen molar-refractivity contribution in [3.05, 3.63) is 35.2 Å². The molecule has 1 aromatic heterocycles. The van der Waals surface area contributed by atoms with Crippen molar-refractivity contribution in [3.63, 3.8) is 0 Å². The van der Waals surface area contributed by atoms with Crippen molar-refractivity contribution < 1.29 is 9.90 Å². The Balaban J connectivity index is 2.42. The Labute approximate surface area is 91.5 Å². The van der Waals surface area contributed by atoms with Crippen LogP contribution in [-0.2, 0) is 0 Å². The molecule has 0 aliphatic carbocycles. The van der Waals surface area contributed by atoms with Crippen LogP contribution in [0.5, 0.6) is 0 Å². The van der Waals surface area contributed by atoms with Gasteiger partial charge in [-0.3, -0.25) is 0 Å². The van der Waals surface area contributed by atoms with Crippen molar-refractivity contribution in [2.75, 3.05) is 0 Å². The molecule has 1 N–H and O–H groups in total. The molecule has 0 saturated heterocycles. The van der Waals surface area contributed by atoms with Crippen LogP contribution < -0.4 is 0 Å². The molecule has 2 aromatic rings. The molecule has 0 aliphatic rings. The second-order valence-electron chi connectivity index (χ2n) is 3.48. The van der Waals surface area contributed by atoms with Gasteiger partial charge in [-0.25, -0.2) is 4.79 Å². The predicted molar refractivity (Wildman–Crippen MR) is 55.6 cm³/mol. The summed E-state index contributed by atoms with van der Waals surface area (Å²) in [5.74, 6) is -1.49. The highest BCUT2D eigenvalue weighted by Gasteiger charge is 2.11. The topological polar surface area (TPSA) is 80.9 Å². The average molecular weight is 218 g/mol. The van der Waals surface area contributed by atoms with Crippen LogP contribution in [0.1, 0.15) is 21.7 Å². The molecule has 0 radical (unpaired) electrons. The average Bonchev–Trinajstić information content (AvgIpc) is 2.71. The number of carboxylic acids is 1. The fraction of sp³-hybridized carbons (Fsp3) is 0.200. The number of aromatic carboxylic acids is 1. The molecule has 82 valence electrons. The summed E-state index contributed by atoms with van der Waals surface area (Å²) in [6, 6.07) is 5.62. The van der Waals surface area contributed by atoms with Crippen LogP contribution in [0.25, 0.3) is 5.69 Å². The van der Waals surface area contributed by atoms with E-state index in [2.05, 4.69) is 15.4 Å². The van der Waals surface area contributed by atoms with Gasteiger partial charge in [0.2, 0.25) is 0 Å². The summed E-state index contributed by atoms with van der Waals surface area (Å²) < 4.78 is 0. The first-order valence-corrected chi connectivity index (χ1v) is 4.69. The van der Waals surface area contributed by atoms with E-state index < -0.39 is 5.97 Å². The number of rotatable bonds is 2. The molecule has 0 amide bonds. The van der Waals surface area contributed by atoms with Crippen molar-refractivity contribution >= 4 is 5.97 Å². The molecule has 6 nitrogen and oxygen atoms in total. The van der Waals surface area contributed by atoms with Crippen molar-refractivity contribution in [2.24, 2.45) is 0 Å². The van der Waals surface area contributed by atoms with E-state index in [1.807, 2.05) is 32.0 Å². The Hall–Kier alpha value is -2.24. The number of aryl methyl sites for hydroxylation is 2. The minimum Gasteiger partial charge on any atom is -0.475 e. The third kappa shape index (κ3) is 1.77. The standard InChI is InChI=1S/C10H10N4O2/c1-6-3-4-8(5-7(6)2)14-12-9(10(15)16)11-13-14/h3-5H,1-2H3,(H,15,16). The van der Waals surface area contributed by atoms with E-state index in [0.29, 0.717) is 5.69 Å². The lowest BCUT2D eigenvalue weighted by Crippen LogP contribution is -2.02. The highest BCUT2D eigenvalue weighted by atomic mass is 16.4. The maximum absolute atomic E-state index is 10.6. The molecule has 0 aliphatic heterocycles. The third-order valence-electron chi connectivity index (χ3n) is 2.33. The molecular weight excluding hydrogens is 208 g/mol. The van der Waals surface area contributed by atoms with Crippen LogP contribution in [0.4, 0.5) is 0 Å². The molecular formula is C10H10N4O2. The summed E-state index contributed by atoms with van der Waals surface area (Å²) >= 11 is 0.